The Morgan fingerprint density at radius 3 is 2.09 bits per heavy atom. The van der Waals surface area contributed by atoms with Gasteiger partial charge in [0.05, 0.1) is 20.3 Å². The molecule has 1 aliphatic rings. The number of hydrogen-bond donors (Lipinski definition) is 2. The molecule has 7 nitrogen and oxygen atoms in total. The molecule has 3 rings (SSSR count). The summed E-state index contributed by atoms with van der Waals surface area (Å²) < 4.78 is 16.2. The number of carbonyl (C=O) groups is 2. The fraction of sp³-hybridized carbons (Fsp3) is 0.481. The highest BCUT2D eigenvalue weighted by atomic mass is 16.5. The van der Waals surface area contributed by atoms with Crippen LogP contribution in [0.2, 0.25) is 0 Å². The Hall–Kier alpha value is -3.22. The topological polar surface area (TPSA) is 99.9 Å². The maximum absolute atomic E-state index is 13.2. The van der Waals surface area contributed by atoms with Gasteiger partial charge in [0, 0.05) is 5.56 Å². The minimum Gasteiger partial charge on any atom is -0.493 e. The number of nitrogens with one attached hydrogen (secondary N) is 1. The van der Waals surface area contributed by atoms with E-state index in [9.17, 15) is 9.59 Å². The van der Waals surface area contributed by atoms with E-state index in [2.05, 4.69) is 43.4 Å². The summed E-state index contributed by atoms with van der Waals surface area (Å²) in [7, 11) is 2.91. The summed E-state index contributed by atoms with van der Waals surface area (Å²) in [6, 6.07) is 11.7. The van der Waals surface area contributed by atoms with E-state index in [0.29, 0.717) is 11.5 Å². The first kappa shape index (κ1) is 25.4. The second kappa shape index (κ2) is 11.8. The Morgan fingerprint density at radius 2 is 1.59 bits per heavy atom. The van der Waals surface area contributed by atoms with Crippen LogP contribution in [0.25, 0.3) is 0 Å². The van der Waals surface area contributed by atoms with Crippen LogP contribution in [0.4, 0.5) is 0 Å². The molecule has 0 bridgehead atoms. The number of ether oxygens (including phenoxy) is 3. The van der Waals surface area contributed by atoms with Crippen LogP contribution in [0.5, 0.6) is 17.2 Å². The molecule has 0 saturated heterocycles. The fourth-order valence-corrected chi connectivity index (χ4v) is 4.57. The van der Waals surface area contributed by atoms with Crippen LogP contribution in [-0.2, 0) is 4.79 Å². The van der Waals surface area contributed by atoms with Gasteiger partial charge in [-0.2, -0.15) is 0 Å². The van der Waals surface area contributed by atoms with Gasteiger partial charge in [0.1, 0.15) is 0 Å². The lowest BCUT2D eigenvalue weighted by Gasteiger charge is -2.25. The predicted octanol–water partition coefficient (Wildman–Crippen LogP) is 4.74. The molecule has 1 aliphatic carbocycles. The third-order valence-corrected chi connectivity index (χ3v) is 6.41. The molecule has 1 fully saturated rings. The Balaban J connectivity index is 1.80. The Labute approximate surface area is 202 Å². The smallest absolute Gasteiger partial charge is 0.255 e. The molecule has 0 heterocycles. The zero-order valence-electron chi connectivity index (χ0n) is 20.6. The standard InChI is InChI=1S/C27H36N2O5/c1-17(2)25(20-12-10-19(11-13-20)18-8-6-5-7-9-18)29-27(31)21-14-22(32-3)26(23(15-21)33-4)34-16-24(28)30/h10-15,17-18,25H,5-9,16H2,1-4H3,(H2,28,30)(H,29,31). The van der Waals surface area contributed by atoms with Crippen molar-refractivity contribution in [1.29, 1.82) is 0 Å². The molecule has 0 aliphatic heterocycles. The average molecular weight is 469 g/mol. The van der Waals surface area contributed by atoms with Crippen LogP contribution < -0.4 is 25.3 Å². The van der Waals surface area contributed by atoms with Crippen molar-refractivity contribution in [2.24, 2.45) is 11.7 Å². The number of primary amides is 1. The number of rotatable bonds is 10. The molecule has 1 unspecified atom stereocenters. The first-order chi connectivity index (χ1) is 16.3. The van der Waals surface area contributed by atoms with Gasteiger partial charge in [-0.1, -0.05) is 57.4 Å². The van der Waals surface area contributed by atoms with Crippen molar-refractivity contribution in [3.05, 3.63) is 53.1 Å². The molecule has 0 radical (unpaired) electrons. The maximum atomic E-state index is 13.2. The highest BCUT2D eigenvalue weighted by Crippen LogP contribution is 2.39. The number of hydrogen-bond acceptors (Lipinski definition) is 5. The summed E-state index contributed by atoms with van der Waals surface area (Å²) >= 11 is 0. The summed E-state index contributed by atoms with van der Waals surface area (Å²) in [4.78, 5) is 24.4. The zero-order chi connectivity index (χ0) is 24.7. The van der Waals surface area contributed by atoms with Gasteiger partial charge in [-0.15, -0.1) is 0 Å². The predicted molar refractivity (Wildman–Crippen MR) is 132 cm³/mol. The second-order valence-electron chi connectivity index (χ2n) is 9.16. The van der Waals surface area contributed by atoms with E-state index in [4.69, 9.17) is 19.9 Å². The molecule has 7 heteroatoms. The van der Waals surface area contributed by atoms with Gasteiger partial charge in [0.15, 0.2) is 18.1 Å². The van der Waals surface area contributed by atoms with Gasteiger partial charge in [0.2, 0.25) is 5.75 Å². The Morgan fingerprint density at radius 1 is 1.00 bits per heavy atom. The van der Waals surface area contributed by atoms with Crippen molar-refractivity contribution in [2.45, 2.75) is 57.9 Å². The number of nitrogens with two attached hydrogens (primary N) is 1. The number of amides is 2. The van der Waals surface area contributed by atoms with E-state index in [1.807, 2.05) is 0 Å². The second-order valence-corrected chi connectivity index (χ2v) is 9.16. The number of benzene rings is 2. The highest BCUT2D eigenvalue weighted by molar-refractivity contribution is 5.96. The van der Waals surface area contributed by atoms with E-state index in [0.717, 1.165) is 5.56 Å². The normalized spacial score (nSPS) is 15.0. The van der Waals surface area contributed by atoms with Crippen LogP contribution in [0.1, 0.15) is 79.4 Å². The molecule has 0 aromatic heterocycles. The summed E-state index contributed by atoms with van der Waals surface area (Å²) in [6.07, 6.45) is 6.45. The summed E-state index contributed by atoms with van der Waals surface area (Å²) in [6.45, 7) is 3.84. The molecule has 2 aromatic carbocycles. The molecule has 1 atom stereocenters. The van der Waals surface area contributed by atoms with Crippen LogP contribution in [0.3, 0.4) is 0 Å². The van der Waals surface area contributed by atoms with Gasteiger partial charge < -0.3 is 25.3 Å². The van der Waals surface area contributed by atoms with Crippen LogP contribution >= 0.6 is 0 Å². The van der Waals surface area contributed by atoms with Gasteiger partial charge in [0.25, 0.3) is 11.8 Å². The van der Waals surface area contributed by atoms with E-state index in [-0.39, 0.29) is 41.7 Å². The quantitative estimate of drug-likeness (QED) is 0.524. The molecule has 1 saturated carbocycles. The summed E-state index contributed by atoms with van der Waals surface area (Å²) in [5, 5.41) is 3.16. The van der Waals surface area contributed by atoms with E-state index < -0.39 is 5.91 Å². The lowest BCUT2D eigenvalue weighted by atomic mass is 9.83. The first-order valence-electron chi connectivity index (χ1n) is 11.9. The van der Waals surface area contributed by atoms with E-state index in [1.165, 1.54) is 51.9 Å². The number of methoxy groups -OCH3 is 2. The minimum atomic E-state index is -0.625. The van der Waals surface area contributed by atoms with Crippen LogP contribution in [0.15, 0.2) is 36.4 Å². The fourth-order valence-electron chi connectivity index (χ4n) is 4.57. The lowest BCUT2D eigenvalue weighted by Crippen LogP contribution is -2.31. The Kier molecular flexibility index (Phi) is 8.79. The molecule has 34 heavy (non-hydrogen) atoms. The van der Waals surface area contributed by atoms with Crippen LogP contribution in [-0.4, -0.2) is 32.6 Å². The maximum Gasteiger partial charge on any atom is 0.255 e. The SMILES string of the molecule is COc1cc(C(=O)NC(c2ccc(C3CCCCC3)cc2)C(C)C)cc(OC)c1OCC(N)=O. The highest BCUT2D eigenvalue weighted by Gasteiger charge is 2.23. The number of carbonyl (C=O) groups excluding carboxylic acids is 2. The third-order valence-electron chi connectivity index (χ3n) is 6.41. The Bertz CT molecular complexity index is 956. The van der Waals surface area contributed by atoms with E-state index >= 15 is 0 Å². The van der Waals surface area contributed by atoms with Crippen molar-refractivity contribution in [2.75, 3.05) is 20.8 Å². The van der Waals surface area contributed by atoms with Gasteiger partial charge in [-0.05, 0) is 47.9 Å². The molecular formula is C27H36N2O5. The summed E-state index contributed by atoms with van der Waals surface area (Å²) in [5.74, 6) is 0.733. The average Bonchev–Trinajstić information content (AvgIpc) is 2.85. The molecule has 2 aromatic rings. The van der Waals surface area contributed by atoms with Crippen LogP contribution in [0, 0.1) is 5.92 Å². The monoisotopic (exact) mass is 468 g/mol. The summed E-state index contributed by atoms with van der Waals surface area (Å²) in [5.41, 5.74) is 8.01. The van der Waals surface area contributed by atoms with Gasteiger partial charge in [-0.25, -0.2) is 0 Å². The van der Waals surface area contributed by atoms with Crippen molar-refractivity contribution < 1.29 is 23.8 Å². The third kappa shape index (κ3) is 6.22. The van der Waals surface area contributed by atoms with Crippen molar-refractivity contribution in [1.82, 2.24) is 5.32 Å². The van der Waals surface area contributed by atoms with E-state index in [1.54, 1.807) is 12.1 Å². The molecular weight excluding hydrogens is 432 g/mol. The van der Waals surface area contributed by atoms with Crippen molar-refractivity contribution in [3.63, 3.8) is 0 Å². The largest absolute Gasteiger partial charge is 0.493 e. The van der Waals surface area contributed by atoms with Gasteiger partial charge >= 0.3 is 0 Å². The van der Waals surface area contributed by atoms with Gasteiger partial charge in [-0.3, -0.25) is 9.59 Å². The molecule has 3 N–H and O–H groups in total. The first-order valence-corrected chi connectivity index (χ1v) is 11.9. The minimum absolute atomic E-state index is 0.157. The van der Waals surface area contributed by atoms with Crippen molar-refractivity contribution >= 4 is 11.8 Å². The zero-order valence-corrected chi connectivity index (χ0v) is 20.6. The molecule has 184 valence electrons. The molecule has 2 amide bonds. The molecule has 0 spiro atoms. The van der Waals surface area contributed by atoms with Crippen molar-refractivity contribution in [3.8, 4) is 17.2 Å². The lowest BCUT2D eigenvalue weighted by molar-refractivity contribution is -0.120.